The molecule has 1 aromatic heterocycles. The summed E-state index contributed by atoms with van der Waals surface area (Å²) in [4.78, 5) is 13.0. The first kappa shape index (κ1) is 15.0. The molecule has 20 heavy (non-hydrogen) atoms. The first-order chi connectivity index (χ1) is 9.56. The normalized spacial score (nSPS) is 13.8. The average molecular weight is 309 g/mol. The van der Waals surface area contributed by atoms with Gasteiger partial charge in [-0.05, 0) is 24.6 Å². The monoisotopic (exact) mass is 308 g/mol. The number of nitrogens with one attached hydrogen (secondary N) is 1. The molecule has 0 aliphatic carbocycles. The highest BCUT2D eigenvalue weighted by molar-refractivity contribution is 7.16. The van der Waals surface area contributed by atoms with E-state index in [4.69, 9.17) is 17.3 Å². The quantitative estimate of drug-likeness (QED) is 0.885. The fourth-order valence-corrected chi connectivity index (χ4v) is 3.01. The van der Waals surface area contributed by atoms with Gasteiger partial charge in [-0.3, -0.25) is 4.79 Å². The van der Waals surface area contributed by atoms with Crippen LogP contribution in [0.3, 0.4) is 0 Å². The van der Waals surface area contributed by atoms with Gasteiger partial charge in [0.25, 0.3) is 0 Å². The molecule has 3 nitrogen and oxygen atoms in total. The highest BCUT2D eigenvalue weighted by Crippen LogP contribution is 2.26. The molecule has 0 saturated carbocycles. The predicted octanol–water partition coefficient (Wildman–Crippen LogP) is 3.67. The van der Waals surface area contributed by atoms with Crippen LogP contribution in [0.2, 0.25) is 4.34 Å². The van der Waals surface area contributed by atoms with E-state index in [0.29, 0.717) is 0 Å². The molecule has 1 heterocycles. The van der Waals surface area contributed by atoms with E-state index in [2.05, 4.69) is 5.32 Å². The van der Waals surface area contributed by atoms with Gasteiger partial charge in [0, 0.05) is 17.3 Å². The van der Waals surface area contributed by atoms with Crippen LogP contribution in [-0.2, 0) is 4.79 Å². The second-order valence-corrected chi connectivity index (χ2v) is 6.40. The van der Waals surface area contributed by atoms with Gasteiger partial charge in [-0.1, -0.05) is 41.9 Å². The number of thiophene rings is 1. The van der Waals surface area contributed by atoms with Gasteiger partial charge in [-0.25, -0.2) is 0 Å². The Labute approximate surface area is 127 Å². The van der Waals surface area contributed by atoms with Crippen LogP contribution in [-0.4, -0.2) is 5.91 Å². The topological polar surface area (TPSA) is 55.1 Å². The number of rotatable bonds is 5. The van der Waals surface area contributed by atoms with Gasteiger partial charge in [0.2, 0.25) is 5.91 Å². The standard InChI is InChI=1S/C15H17ClN2OS/c1-10(13-7-8-14(16)20-13)18-15(19)9-12(17)11-5-3-2-4-6-11/h2-8,10,12H,9,17H2,1H3,(H,18,19)/t10-,12-/m1/s1. The first-order valence-corrected chi connectivity index (χ1v) is 7.61. The minimum atomic E-state index is -0.282. The van der Waals surface area contributed by atoms with Crippen molar-refractivity contribution in [2.24, 2.45) is 5.73 Å². The van der Waals surface area contributed by atoms with Crippen LogP contribution < -0.4 is 11.1 Å². The van der Waals surface area contributed by atoms with Crippen LogP contribution in [0.1, 0.15) is 35.9 Å². The van der Waals surface area contributed by atoms with Gasteiger partial charge in [0.1, 0.15) is 0 Å². The smallest absolute Gasteiger partial charge is 0.222 e. The predicted molar refractivity (Wildman–Crippen MR) is 83.9 cm³/mol. The van der Waals surface area contributed by atoms with Crippen molar-refractivity contribution >= 4 is 28.8 Å². The van der Waals surface area contributed by atoms with Crippen LogP contribution in [0.25, 0.3) is 0 Å². The van der Waals surface area contributed by atoms with E-state index in [0.717, 1.165) is 14.8 Å². The lowest BCUT2D eigenvalue weighted by Crippen LogP contribution is -2.29. The fourth-order valence-electron chi connectivity index (χ4n) is 1.95. The van der Waals surface area contributed by atoms with Gasteiger partial charge in [-0.15, -0.1) is 11.3 Å². The highest BCUT2D eigenvalue weighted by atomic mass is 35.5. The molecule has 2 aromatic rings. The maximum atomic E-state index is 12.0. The minimum Gasteiger partial charge on any atom is -0.349 e. The van der Waals surface area contributed by atoms with Crippen LogP contribution in [0, 0.1) is 0 Å². The number of hydrogen-bond acceptors (Lipinski definition) is 3. The molecular weight excluding hydrogens is 292 g/mol. The van der Waals surface area contributed by atoms with Crippen molar-refractivity contribution in [1.82, 2.24) is 5.32 Å². The summed E-state index contributed by atoms with van der Waals surface area (Å²) in [6.07, 6.45) is 0.271. The van der Waals surface area contributed by atoms with E-state index >= 15 is 0 Å². The number of amides is 1. The van der Waals surface area contributed by atoms with Crippen LogP contribution in [0.5, 0.6) is 0 Å². The van der Waals surface area contributed by atoms with Gasteiger partial charge in [0.05, 0.1) is 10.4 Å². The van der Waals surface area contributed by atoms with Crippen molar-refractivity contribution in [2.75, 3.05) is 0 Å². The van der Waals surface area contributed by atoms with E-state index in [1.807, 2.05) is 49.4 Å². The third-order valence-electron chi connectivity index (χ3n) is 3.03. The molecule has 0 spiro atoms. The number of nitrogens with two attached hydrogens (primary N) is 1. The molecule has 0 aliphatic rings. The van der Waals surface area contributed by atoms with E-state index in [1.165, 1.54) is 11.3 Å². The van der Waals surface area contributed by atoms with Gasteiger partial charge < -0.3 is 11.1 Å². The molecule has 0 saturated heterocycles. The number of benzene rings is 1. The zero-order valence-corrected chi connectivity index (χ0v) is 12.7. The molecular formula is C15H17ClN2OS. The van der Waals surface area contributed by atoms with Gasteiger partial charge in [0.15, 0.2) is 0 Å². The maximum Gasteiger partial charge on any atom is 0.222 e. The van der Waals surface area contributed by atoms with Crippen molar-refractivity contribution in [3.63, 3.8) is 0 Å². The van der Waals surface area contributed by atoms with Crippen molar-refractivity contribution in [3.8, 4) is 0 Å². The third-order valence-corrected chi connectivity index (χ3v) is 4.45. The van der Waals surface area contributed by atoms with Gasteiger partial charge >= 0.3 is 0 Å². The highest BCUT2D eigenvalue weighted by Gasteiger charge is 2.15. The molecule has 3 N–H and O–H groups in total. The minimum absolute atomic E-state index is 0.0528. The molecule has 0 fully saturated rings. The van der Waals surface area contributed by atoms with Crippen molar-refractivity contribution in [1.29, 1.82) is 0 Å². The van der Waals surface area contributed by atoms with Crippen molar-refractivity contribution < 1.29 is 4.79 Å². The second kappa shape index (κ2) is 6.88. The molecule has 0 unspecified atom stereocenters. The van der Waals surface area contributed by atoms with E-state index in [1.54, 1.807) is 0 Å². The van der Waals surface area contributed by atoms with Crippen LogP contribution >= 0.6 is 22.9 Å². The Morgan fingerprint density at radius 3 is 2.60 bits per heavy atom. The number of carbonyl (C=O) groups excluding carboxylic acids is 1. The SMILES string of the molecule is C[C@@H](NC(=O)C[C@@H](N)c1ccccc1)c1ccc(Cl)s1. The molecule has 5 heteroatoms. The Morgan fingerprint density at radius 1 is 1.30 bits per heavy atom. The van der Waals surface area contributed by atoms with E-state index in [9.17, 15) is 4.79 Å². The lowest BCUT2D eigenvalue weighted by molar-refractivity contribution is -0.122. The van der Waals surface area contributed by atoms with Crippen molar-refractivity contribution in [2.45, 2.75) is 25.4 Å². The molecule has 0 radical (unpaired) electrons. The summed E-state index contributed by atoms with van der Waals surface area (Å²) in [7, 11) is 0. The zero-order chi connectivity index (χ0) is 14.5. The molecule has 2 rings (SSSR count). The molecule has 106 valence electrons. The average Bonchev–Trinajstić information content (AvgIpc) is 2.86. The Morgan fingerprint density at radius 2 is 2.00 bits per heavy atom. The summed E-state index contributed by atoms with van der Waals surface area (Å²) >= 11 is 7.36. The van der Waals surface area contributed by atoms with Gasteiger partial charge in [-0.2, -0.15) is 0 Å². The fraction of sp³-hybridized carbons (Fsp3) is 0.267. The van der Waals surface area contributed by atoms with Crippen molar-refractivity contribution in [3.05, 3.63) is 57.2 Å². The largest absolute Gasteiger partial charge is 0.349 e. The molecule has 2 atom stereocenters. The Bertz CT molecular complexity index is 570. The zero-order valence-electron chi connectivity index (χ0n) is 11.2. The molecule has 0 bridgehead atoms. The summed E-state index contributed by atoms with van der Waals surface area (Å²) in [5, 5.41) is 2.94. The molecule has 1 amide bonds. The first-order valence-electron chi connectivity index (χ1n) is 6.41. The molecule has 0 aliphatic heterocycles. The Kier molecular flexibility index (Phi) is 5.17. The summed E-state index contributed by atoms with van der Waals surface area (Å²) in [5.41, 5.74) is 7.00. The second-order valence-electron chi connectivity index (χ2n) is 4.65. The van der Waals surface area contributed by atoms with Crippen LogP contribution in [0.15, 0.2) is 42.5 Å². The summed E-state index contributed by atoms with van der Waals surface area (Å²) in [6.45, 7) is 1.94. The maximum absolute atomic E-state index is 12.0. The summed E-state index contributed by atoms with van der Waals surface area (Å²) < 4.78 is 0.724. The summed E-state index contributed by atoms with van der Waals surface area (Å²) in [5.74, 6) is -0.0571. The number of carbonyl (C=O) groups is 1. The number of hydrogen-bond donors (Lipinski definition) is 2. The lowest BCUT2D eigenvalue weighted by Gasteiger charge is -2.15. The Balaban J connectivity index is 1.89. The molecule has 1 aromatic carbocycles. The number of halogens is 1. The lowest BCUT2D eigenvalue weighted by atomic mass is 10.0. The summed E-state index contributed by atoms with van der Waals surface area (Å²) in [6, 6.07) is 13.1. The van der Waals surface area contributed by atoms with Crippen LogP contribution in [0.4, 0.5) is 0 Å². The Hall–Kier alpha value is -1.36. The van der Waals surface area contributed by atoms with E-state index in [-0.39, 0.29) is 24.4 Å². The third kappa shape index (κ3) is 4.07. The van der Waals surface area contributed by atoms with E-state index < -0.39 is 0 Å².